The Morgan fingerprint density at radius 2 is 1.89 bits per heavy atom. The number of carbonyl (C=O) groups excluding carboxylic acids is 2. The molecule has 0 spiro atoms. The maximum absolute atomic E-state index is 12.3. The van der Waals surface area contributed by atoms with Gasteiger partial charge in [0.25, 0.3) is 5.91 Å². The van der Waals surface area contributed by atoms with Crippen LogP contribution in [-0.4, -0.2) is 17.9 Å². The molecule has 1 fully saturated rings. The third-order valence-corrected chi connectivity index (χ3v) is 5.15. The predicted octanol–water partition coefficient (Wildman–Crippen LogP) is 3.38. The van der Waals surface area contributed by atoms with Crippen LogP contribution in [0.2, 0.25) is 0 Å². The lowest BCUT2D eigenvalue weighted by Crippen LogP contribution is -2.31. The van der Waals surface area contributed by atoms with Crippen molar-refractivity contribution in [2.24, 2.45) is 11.7 Å². The van der Waals surface area contributed by atoms with Gasteiger partial charge in [-0.15, -0.1) is 0 Å². The minimum absolute atomic E-state index is 0.0337. The number of amides is 2. The fourth-order valence-corrected chi connectivity index (χ4v) is 3.50. The fourth-order valence-electron chi connectivity index (χ4n) is 3.50. The molecule has 0 heterocycles. The Labute approximate surface area is 160 Å². The minimum atomic E-state index is -0.147. The van der Waals surface area contributed by atoms with Crippen LogP contribution in [0.25, 0.3) is 0 Å². The molecule has 0 saturated heterocycles. The number of nitrogens with two attached hydrogens (primary N) is 1. The lowest BCUT2D eigenvalue weighted by atomic mass is 10.00. The largest absolute Gasteiger partial charge is 0.352 e. The van der Waals surface area contributed by atoms with E-state index in [0.717, 1.165) is 30.4 Å². The van der Waals surface area contributed by atoms with E-state index in [0.29, 0.717) is 30.1 Å². The molecule has 3 rings (SSSR count). The van der Waals surface area contributed by atoms with Gasteiger partial charge in [-0.2, -0.15) is 0 Å². The second-order valence-corrected chi connectivity index (χ2v) is 7.36. The van der Waals surface area contributed by atoms with Gasteiger partial charge in [-0.25, -0.2) is 0 Å². The first-order chi connectivity index (χ1) is 13.0. The molecule has 4 N–H and O–H groups in total. The average Bonchev–Trinajstić information content (AvgIpc) is 3.05. The molecule has 5 heteroatoms. The fraction of sp³-hybridized carbons (Fsp3) is 0.364. The third-order valence-electron chi connectivity index (χ3n) is 5.15. The van der Waals surface area contributed by atoms with Gasteiger partial charge in [0.05, 0.1) is 0 Å². The standard InChI is InChI=1S/C22H27N3O2/c1-15-8-10-17(11-9-15)22(27)25-19-6-2-4-16(12-19)14-24-21(26)13-18-5-3-7-20(18)23/h2,4,6,8-12,18,20H,3,5,7,13-14,23H2,1H3,(H,24,26)(H,25,27)/t18-,20+/m0/s1. The van der Waals surface area contributed by atoms with E-state index < -0.39 is 0 Å². The van der Waals surface area contributed by atoms with Gasteiger partial charge in [-0.3, -0.25) is 9.59 Å². The second-order valence-electron chi connectivity index (χ2n) is 7.36. The summed E-state index contributed by atoms with van der Waals surface area (Å²) in [7, 11) is 0. The van der Waals surface area contributed by atoms with E-state index in [1.807, 2.05) is 55.5 Å². The quantitative estimate of drug-likeness (QED) is 0.734. The molecule has 2 aromatic carbocycles. The first-order valence-corrected chi connectivity index (χ1v) is 9.50. The number of nitrogens with one attached hydrogen (secondary N) is 2. The van der Waals surface area contributed by atoms with E-state index in [2.05, 4.69) is 10.6 Å². The molecule has 5 nitrogen and oxygen atoms in total. The van der Waals surface area contributed by atoms with Crippen LogP contribution >= 0.6 is 0 Å². The van der Waals surface area contributed by atoms with E-state index in [1.54, 1.807) is 0 Å². The summed E-state index contributed by atoms with van der Waals surface area (Å²) in [5.74, 6) is 0.183. The zero-order valence-electron chi connectivity index (χ0n) is 15.7. The number of carbonyl (C=O) groups is 2. The summed E-state index contributed by atoms with van der Waals surface area (Å²) in [6.45, 7) is 2.43. The van der Waals surface area contributed by atoms with Crippen LogP contribution in [0.3, 0.4) is 0 Å². The molecule has 0 radical (unpaired) electrons. The minimum Gasteiger partial charge on any atom is -0.352 e. The number of hydrogen-bond acceptors (Lipinski definition) is 3. The van der Waals surface area contributed by atoms with Crippen LogP contribution in [0, 0.1) is 12.8 Å². The molecule has 1 aliphatic rings. The van der Waals surface area contributed by atoms with Gasteiger partial charge in [0.2, 0.25) is 5.91 Å². The summed E-state index contributed by atoms with van der Waals surface area (Å²) in [6, 6.07) is 15.1. The maximum Gasteiger partial charge on any atom is 0.255 e. The topological polar surface area (TPSA) is 84.2 Å². The zero-order valence-corrected chi connectivity index (χ0v) is 15.7. The summed E-state index contributed by atoms with van der Waals surface area (Å²) < 4.78 is 0. The number of rotatable bonds is 6. The Bertz CT molecular complexity index is 801. The van der Waals surface area contributed by atoms with E-state index in [9.17, 15) is 9.59 Å². The normalized spacial score (nSPS) is 18.9. The molecule has 0 unspecified atom stereocenters. The van der Waals surface area contributed by atoms with Gasteiger partial charge >= 0.3 is 0 Å². The summed E-state index contributed by atoms with van der Waals surface area (Å²) >= 11 is 0. The summed E-state index contributed by atoms with van der Waals surface area (Å²) in [6.07, 6.45) is 3.66. The van der Waals surface area contributed by atoms with E-state index >= 15 is 0 Å². The highest BCUT2D eigenvalue weighted by Crippen LogP contribution is 2.26. The Kier molecular flexibility index (Phi) is 6.24. The Balaban J connectivity index is 1.53. The van der Waals surface area contributed by atoms with Crippen LogP contribution in [0.1, 0.15) is 47.2 Å². The van der Waals surface area contributed by atoms with Crippen molar-refractivity contribution in [2.75, 3.05) is 5.32 Å². The SMILES string of the molecule is Cc1ccc(C(=O)Nc2cccc(CNC(=O)C[C@@H]3CCC[C@H]3N)c2)cc1. The van der Waals surface area contributed by atoms with Gasteiger partial charge in [0.1, 0.15) is 0 Å². The van der Waals surface area contributed by atoms with Gasteiger partial charge in [0.15, 0.2) is 0 Å². The monoisotopic (exact) mass is 365 g/mol. The molecule has 1 saturated carbocycles. The van der Waals surface area contributed by atoms with Crippen molar-refractivity contribution in [3.63, 3.8) is 0 Å². The van der Waals surface area contributed by atoms with Crippen LogP contribution in [0.4, 0.5) is 5.69 Å². The molecule has 1 aliphatic carbocycles. The van der Waals surface area contributed by atoms with Crippen molar-refractivity contribution in [3.8, 4) is 0 Å². The predicted molar refractivity (Wildman–Crippen MR) is 107 cm³/mol. The van der Waals surface area contributed by atoms with Gasteiger partial charge in [-0.05, 0) is 55.5 Å². The van der Waals surface area contributed by atoms with E-state index in [-0.39, 0.29) is 17.9 Å². The highest BCUT2D eigenvalue weighted by Gasteiger charge is 2.25. The van der Waals surface area contributed by atoms with E-state index in [4.69, 9.17) is 5.73 Å². The third kappa shape index (κ3) is 5.41. The Hall–Kier alpha value is -2.66. The van der Waals surface area contributed by atoms with Crippen molar-refractivity contribution in [1.82, 2.24) is 5.32 Å². The highest BCUT2D eigenvalue weighted by atomic mass is 16.2. The molecule has 27 heavy (non-hydrogen) atoms. The smallest absolute Gasteiger partial charge is 0.255 e. The van der Waals surface area contributed by atoms with Crippen molar-refractivity contribution in [1.29, 1.82) is 0 Å². The average molecular weight is 365 g/mol. The summed E-state index contributed by atoms with van der Waals surface area (Å²) in [5, 5.41) is 5.86. The van der Waals surface area contributed by atoms with Crippen LogP contribution in [0.5, 0.6) is 0 Å². The van der Waals surface area contributed by atoms with Gasteiger partial charge in [-0.1, -0.05) is 36.2 Å². The lowest BCUT2D eigenvalue weighted by molar-refractivity contribution is -0.122. The van der Waals surface area contributed by atoms with Gasteiger partial charge in [0, 0.05) is 30.3 Å². The van der Waals surface area contributed by atoms with Crippen molar-refractivity contribution < 1.29 is 9.59 Å². The van der Waals surface area contributed by atoms with Gasteiger partial charge < -0.3 is 16.4 Å². The van der Waals surface area contributed by atoms with Crippen LogP contribution in [0.15, 0.2) is 48.5 Å². The van der Waals surface area contributed by atoms with Crippen LogP contribution < -0.4 is 16.4 Å². The zero-order chi connectivity index (χ0) is 19.2. The Morgan fingerprint density at radius 3 is 2.59 bits per heavy atom. The van der Waals surface area contributed by atoms with Crippen molar-refractivity contribution >= 4 is 17.5 Å². The second kappa shape index (κ2) is 8.82. The first kappa shape index (κ1) is 19.1. The van der Waals surface area contributed by atoms with E-state index in [1.165, 1.54) is 0 Å². The molecular weight excluding hydrogens is 338 g/mol. The lowest BCUT2D eigenvalue weighted by Gasteiger charge is -2.15. The molecule has 0 bridgehead atoms. The maximum atomic E-state index is 12.3. The molecule has 142 valence electrons. The molecule has 2 atom stereocenters. The first-order valence-electron chi connectivity index (χ1n) is 9.50. The molecular formula is C22H27N3O2. The molecule has 2 aromatic rings. The molecule has 0 aromatic heterocycles. The number of benzene rings is 2. The van der Waals surface area contributed by atoms with Crippen molar-refractivity contribution in [2.45, 2.75) is 45.2 Å². The molecule has 2 amide bonds. The van der Waals surface area contributed by atoms with Crippen LogP contribution in [-0.2, 0) is 11.3 Å². The number of anilines is 1. The molecule has 0 aliphatic heterocycles. The number of hydrogen-bond donors (Lipinski definition) is 3. The summed E-state index contributed by atoms with van der Waals surface area (Å²) in [5.41, 5.74) is 9.43. The van der Waals surface area contributed by atoms with Crippen molar-refractivity contribution in [3.05, 3.63) is 65.2 Å². The Morgan fingerprint density at radius 1 is 1.11 bits per heavy atom. The summed E-state index contributed by atoms with van der Waals surface area (Å²) in [4.78, 5) is 24.5. The number of aryl methyl sites for hydroxylation is 1. The highest BCUT2D eigenvalue weighted by molar-refractivity contribution is 6.04.